The standard InChI is InChI=1S/C10H10N2O2/c1-14-8-4-2-3-6-5-7(13)10(11)12-9(6)8/h2-5,13H,1H3,(H2,11,12). The number of nitrogen functional groups attached to an aromatic ring is 1. The number of nitrogens with two attached hydrogens (primary N) is 1. The highest BCUT2D eigenvalue weighted by Crippen LogP contribution is 2.29. The molecular formula is C10H10N2O2. The normalized spacial score (nSPS) is 10.4. The molecule has 0 saturated heterocycles. The molecule has 0 bridgehead atoms. The van der Waals surface area contributed by atoms with Gasteiger partial charge in [-0.15, -0.1) is 0 Å². The van der Waals surface area contributed by atoms with E-state index in [2.05, 4.69) is 4.98 Å². The fourth-order valence-corrected chi connectivity index (χ4v) is 1.34. The van der Waals surface area contributed by atoms with Crippen LogP contribution in [0.15, 0.2) is 24.3 Å². The number of nitrogens with zero attached hydrogens (tertiary/aromatic N) is 1. The lowest BCUT2D eigenvalue weighted by Crippen LogP contribution is -1.93. The van der Waals surface area contributed by atoms with Gasteiger partial charge in [-0.25, -0.2) is 4.98 Å². The van der Waals surface area contributed by atoms with Gasteiger partial charge in [0, 0.05) is 5.39 Å². The SMILES string of the molecule is COc1cccc2cc(O)c(N)nc12. The molecule has 1 aromatic heterocycles. The van der Waals surface area contributed by atoms with E-state index in [1.165, 1.54) is 0 Å². The lowest BCUT2D eigenvalue weighted by atomic mass is 10.2. The van der Waals surface area contributed by atoms with Gasteiger partial charge in [0.1, 0.15) is 11.3 Å². The van der Waals surface area contributed by atoms with Crippen LogP contribution in [0.25, 0.3) is 10.9 Å². The largest absolute Gasteiger partial charge is 0.504 e. The highest BCUT2D eigenvalue weighted by molar-refractivity contribution is 5.87. The first-order valence-electron chi connectivity index (χ1n) is 4.14. The lowest BCUT2D eigenvalue weighted by Gasteiger charge is -2.05. The van der Waals surface area contributed by atoms with E-state index in [9.17, 15) is 5.11 Å². The van der Waals surface area contributed by atoms with Gasteiger partial charge in [-0.05, 0) is 12.1 Å². The van der Waals surface area contributed by atoms with E-state index in [1.807, 2.05) is 12.1 Å². The first-order chi connectivity index (χ1) is 6.72. The van der Waals surface area contributed by atoms with Crippen molar-refractivity contribution in [1.29, 1.82) is 0 Å². The molecule has 4 nitrogen and oxygen atoms in total. The van der Waals surface area contributed by atoms with Crippen molar-refractivity contribution < 1.29 is 9.84 Å². The van der Waals surface area contributed by atoms with Gasteiger partial charge < -0.3 is 15.6 Å². The fraction of sp³-hybridized carbons (Fsp3) is 0.100. The maximum absolute atomic E-state index is 9.35. The van der Waals surface area contributed by atoms with Crippen molar-refractivity contribution in [3.63, 3.8) is 0 Å². The third-order valence-electron chi connectivity index (χ3n) is 2.04. The summed E-state index contributed by atoms with van der Waals surface area (Å²) < 4.78 is 5.12. The second kappa shape index (κ2) is 3.06. The van der Waals surface area contributed by atoms with Gasteiger partial charge in [0.25, 0.3) is 0 Å². The molecule has 0 fully saturated rings. The Bertz CT molecular complexity index is 483. The third-order valence-corrected chi connectivity index (χ3v) is 2.04. The number of hydrogen-bond acceptors (Lipinski definition) is 4. The third kappa shape index (κ3) is 1.21. The van der Waals surface area contributed by atoms with Gasteiger partial charge in [-0.2, -0.15) is 0 Å². The molecule has 72 valence electrons. The zero-order valence-corrected chi connectivity index (χ0v) is 7.69. The minimum absolute atomic E-state index is 0.00856. The number of methoxy groups -OCH3 is 1. The number of ether oxygens (including phenoxy) is 1. The van der Waals surface area contributed by atoms with E-state index in [1.54, 1.807) is 19.2 Å². The van der Waals surface area contributed by atoms with Crippen molar-refractivity contribution in [1.82, 2.24) is 4.98 Å². The number of benzene rings is 1. The molecule has 0 unspecified atom stereocenters. The number of anilines is 1. The molecular weight excluding hydrogens is 180 g/mol. The molecule has 14 heavy (non-hydrogen) atoms. The second-order valence-electron chi connectivity index (χ2n) is 2.92. The van der Waals surface area contributed by atoms with Crippen LogP contribution in [0.4, 0.5) is 5.82 Å². The van der Waals surface area contributed by atoms with E-state index >= 15 is 0 Å². The Labute approximate surface area is 80.9 Å². The van der Waals surface area contributed by atoms with E-state index in [0.717, 1.165) is 5.39 Å². The number of rotatable bonds is 1. The van der Waals surface area contributed by atoms with Crippen molar-refractivity contribution in [3.8, 4) is 11.5 Å². The molecule has 0 saturated carbocycles. The summed E-state index contributed by atoms with van der Waals surface area (Å²) in [7, 11) is 1.57. The lowest BCUT2D eigenvalue weighted by molar-refractivity contribution is 0.418. The molecule has 0 aliphatic heterocycles. The first kappa shape index (κ1) is 8.62. The van der Waals surface area contributed by atoms with Gasteiger partial charge in [0.2, 0.25) is 0 Å². The minimum atomic E-state index is -0.00856. The maximum atomic E-state index is 9.35. The Hall–Kier alpha value is -1.97. The van der Waals surface area contributed by atoms with Gasteiger partial charge in [-0.1, -0.05) is 12.1 Å². The molecule has 1 aromatic carbocycles. The minimum Gasteiger partial charge on any atom is -0.504 e. The Morgan fingerprint density at radius 3 is 2.93 bits per heavy atom. The smallest absolute Gasteiger partial charge is 0.166 e. The molecule has 0 amide bonds. The summed E-state index contributed by atoms with van der Waals surface area (Å²) in [5.74, 6) is 0.752. The fourth-order valence-electron chi connectivity index (χ4n) is 1.34. The zero-order chi connectivity index (χ0) is 10.1. The van der Waals surface area contributed by atoms with Gasteiger partial charge in [0.05, 0.1) is 7.11 Å². The number of pyridine rings is 1. The molecule has 1 heterocycles. The van der Waals surface area contributed by atoms with Crippen LogP contribution in [0, 0.1) is 0 Å². The summed E-state index contributed by atoms with van der Waals surface area (Å²) in [6.07, 6.45) is 0. The predicted molar refractivity (Wildman–Crippen MR) is 54.4 cm³/mol. The van der Waals surface area contributed by atoms with Crippen LogP contribution in [-0.2, 0) is 0 Å². The Morgan fingerprint density at radius 1 is 1.43 bits per heavy atom. The Kier molecular flexibility index (Phi) is 1.89. The molecule has 4 heteroatoms. The average molecular weight is 190 g/mol. The van der Waals surface area contributed by atoms with Crippen LogP contribution in [0.5, 0.6) is 11.5 Å². The van der Waals surface area contributed by atoms with E-state index in [4.69, 9.17) is 10.5 Å². The highest BCUT2D eigenvalue weighted by Gasteiger charge is 2.06. The molecule has 0 atom stereocenters. The van der Waals surface area contributed by atoms with Gasteiger partial charge in [0.15, 0.2) is 11.6 Å². The van der Waals surface area contributed by atoms with Crippen molar-refractivity contribution in [2.24, 2.45) is 0 Å². The highest BCUT2D eigenvalue weighted by atomic mass is 16.5. The molecule has 3 N–H and O–H groups in total. The van der Waals surface area contributed by atoms with Crippen LogP contribution in [0.2, 0.25) is 0 Å². The van der Waals surface area contributed by atoms with Crippen molar-refractivity contribution in [2.45, 2.75) is 0 Å². The predicted octanol–water partition coefficient (Wildman–Crippen LogP) is 1.53. The molecule has 2 rings (SSSR count). The van der Waals surface area contributed by atoms with Crippen LogP contribution in [-0.4, -0.2) is 17.2 Å². The Balaban J connectivity index is 2.81. The van der Waals surface area contributed by atoms with Gasteiger partial charge in [-0.3, -0.25) is 0 Å². The zero-order valence-electron chi connectivity index (χ0n) is 7.69. The van der Waals surface area contributed by atoms with E-state index in [0.29, 0.717) is 11.3 Å². The summed E-state index contributed by atoms with van der Waals surface area (Å²) in [4.78, 5) is 4.05. The second-order valence-corrected chi connectivity index (χ2v) is 2.92. The summed E-state index contributed by atoms with van der Waals surface area (Å²) in [6, 6.07) is 7.04. The van der Waals surface area contributed by atoms with Crippen molar-refractivity contribution in [2.75, 3.05) is 12.8 Å². The summed E-state index contributed by atoms with van der Waals surface area (Å²) >= 11 is 0. The topological polar surface area (TPSA) is 68.4 Å². The number of para-hydroxylation sites is 1. The van der Waals surface area contributed by atoms with E-state index < -0.39 is 0 Å². The van der Waals surface area contributed by atoms with Crippen LogP contribution in [0.3, 0.4) is 0 Å². The summed E-state index contributed by atoms with van der Waals surface area (Å²) in [6.45, 7) is 0. The molecule has 0 spiro atoms. The monoisotopic (exact) mass is 190 g/mol. The van der Waals surface area contributed by atoms with Crippen molar-refractivity contribution >= 4 is 16.7 Å². The number of aromatic nitrogens is 1. The van der Waals surface area contributed by atoms with Crippen LogP contribution < -0.4 is 10.5 Å². The maximum Gasteiger partial charge on any atom is 0.166 e. The van der Waals surface area contributed by atoms with E-state index in [-0.39, 0.29) is 11.6 Å². The molecule has 0 radical (unpaired) electrons. The quantitative estimate of drug-likeness (QED) is 0.715. The van der Waals surface area contributed by atoms with Crippen LogP contribution in [0.1, 0.15) is 0 Å². The first-order valence-corrected chi connectivity index (χ1v) is 4.14. The average Bonchev–Trinajstić information content (AvgIpc) is 2.19. The number of aromatic hydroxyl groups is 1. The van der Waals surface area contributed by atoms with Crippen molar-refractivity contribution in [3.05, 3.63) is 24.3 Å². The summed E-state index contributed by atoms with van der Waals surface area (Å²) in [5.41, 5.74) is 6.15. The molecule has 2 aromatic rings. The molecule has 0 aliphatic rings. The van der Waals surface area contributed by atoms with Gasteiger partial charge >= 0.3 is 0 Å². The molecule has 0 aliphatic carbocycles. The van der Waals surface area contributed by atoms with Crippen LogP contribution >= 0.6 is 0 Å². The number of hydrogen-bond donors (Lipinski definition) is 2. The summed E-state index contributed by atoms with van der Waals surface area (Å²) in [5, 5.41) is 10.2. The Morgan fingerprint density at radius 2 is 2.21 bits per heavy atom. The number of fused-ring (bicyclic) bond motifs is 1.